The summed E-state index contributed by atoms with van der Waals surface area (Å²) in [4.78, 5) is 33.3. The van der Waals surface area contributed by atoms with Gasteiger partial charge in [-0.25, -0.2) is 14.8 Å². The third-order valence-electron chi connectivity index (χ3n) is 4.90. The molecule has 0 saturated carbocycles. The molecule has 8 nitrogen and oxygen atoms in total. The number of carbonyl (C=O) groups is 2. The summed E-state index contributed by atoms with van der Waals surface area (Å²) in [6, 6.07) is 13.7. The molecule has 2 aromatic carbocycles. The lowest BCUT2D eigenvalue weighted by atomic mass is 10.0. The zero-order valence-corrected chi connectivity index (χ0v) is 19.1. The Morgan fingerprint density at radius 1 is 1.06 bits per heavy atom. The van der Waals surface area contributed by atoms with E-state index in [2.05, 4.69) is 20.6 Å². The van der Waals surface area contributed by atoms with Crippen molar-refractivity contribution in [3.05, 3.63) is 71.4 Å². The van der Waals surface area contributed by atoms with Crippen LogP contribution in [0.25, 0.3) is 11.3 Å². The molecule has 1 amide bonds. The molecule has 0 saturated heterocycles. The van der Waals surface area contributed by atoms with Crippen LogP contribution in [0.2, 0.25) is 0 Å². The van der Waals surface area contributed by atoms with E-state index in [0.717, 1.165) is 5.56 Å². The van der Waals surface area contributed by atoms with Crippen molar-refractivity contribution in [1.29, 1.82) is 0 Å². The van der Waals surface area contributed by atoms with E-state index in [0.29, 0.717) is 28.1 Å². The van der Waals surface area contributed by atoms with Gasteiger partial charge in [-0.1, -0.05) is 30.3 Å². The Morgan fingerprint density at radius 3 is 2.33 bits per heavy atom. The van der Waals surface area contributed by atoms with E-state index in [4.69, 9.17) is 4.74 Å². The molecular formula is C25H28N4O4. The Balaban J connectivity index is 1.71. The van der Waals surface area contributed by atoms with Gasteiger partial charge in [0, 0.05) is 23.9 Å². The average molecular weight is 449 g/mol. The summed E-state index contributed by atoms with van der Waals surface area (Å²) in [7, 11) is 0. The first-order chi connectivity index (χ1) is 15.7. The molecule has 1 atom stereocenters. The van der Waals surface area contributed by atoms with Crippen LogP contribution >= 0.6 is 0 Å². The van der Waals surface area contributed by atoms with Crippen molar-refractivity contribution in [3.8, 4) is 17.0 Å². The summed E-state index contributed by atoms with van der Waals surface area (Å²) in [6.07, 6.45) is 1.60. The zero-order chi connectivity index (χ0) is 24.0. The average Bonchev–Trinajstić information content (AvgIpc) is 2.76. The lowest BCUT2D eigenvalue weighted by Gasteiger charge is -2.18. The molecule has 1 aromatic heterocycles. The number of ether oxygens (including phenoxy) is 1. The number of benzene rings is 2. The van der Waals surface area contributed by atoms with Gasteiger partial charge in [0.25, 0.3) is 5.91 Å². The normalized spacial score (nSPS) is 11.7. The molecule has 0 aliphatic heterocycles. The van der Waals surface area contributed by atoms with Crippen LogP contribution in [0.15, 0.2) is 54.7 Å². The van der Waals surface area contributed by atoms with Crippen molar-refractivity contribution in [1.82, 2.24) is 15.3 Å². The molecule has 0 aliphatic carbocycles. The summed E-state index contributed by atoms with van der Waals surface area (Å²) < 4.78 is 5.71. The molecule has 0 radical (unpaired) electrons. The molecule has 0 bridgehead atoms. The predicted molar refractivity (Wildman–Crippen MR) is 127 cm³/mol. The van der Waals surface area contributed by atoms with Crippen LogP contribution in [0.1, 0.15) is 35.3 Å². The van der Waals surface area contributed by atoms with Crippen molar-refractivity contribution < 1.29 is 19.4 Å². The zero-order valence-electron chi connectivity index (χ0n) is 19.1. The highest BCUT2D eigenvalue weighted by molar-refractivity contribution is 5.99. The van der Waals surface area contributed by atoms with Gasteiger partial charge in [0.15, 0.2) is 0 Å². The molecule has 0 unspecified atom stereocenters. The maximum atomic E-state index is 12.9. The minimum atomic E-state index is -1.17. The third kappa shape index (κ3) is 6.29. The lowest BCUT2D eigenvalue weighted by Crippen LogP contribution is -2.45. The van der Waals surface area contributed by atoms with Crippen molar-refractivity contribution in [2.24, 2.45) is 0 Å². The molecule has 0 fully saturated rings. The Kier molecular flexibility index (Phi) is 7.61. The van der Waals surface area contributed by atoms with Gasteiger partial charge < -0.3 is 20.5 Å². The van der Waals surface area contributed by atoms with E-state index in [9.17, 15) is 14.7 Å². The molecule has 172 valence electrons. The molecule has 33 heavy (non-hydrogen) atoms. The number of nitrogens with zero attached hydrogens (tertiary/aromatic N) is 2. The smallest absolute Gasteiger partial charge is 0.328 e. The highest BCUT2D eigenvalue weighted by Gasteiger charge is 2.23. The second-order valence-electron chi connectivity index (χ2n) is 7.98. The van der Waals surface area contributed by atoms with Gasteiger partial charge in [0.1, 0.15) is 11.8 Å². The molecule has 0 aliphatic rings. The molecule has 3 N–H and O–H groups in total. The number of aliphatic carboxylic acids is 1. The van der Waals surface area contributed by atoms with E-state index in [1.165, 1.54) is 0 Å². The van der Waals surface area contributed by atoms with E-state index in [1.807, 2.05) is 44.2 Å². The number of carbonyl (C=O) groups excluding carboxylic acids is 1. The van der Waals surface area contributed by atoms with Crippen LogP contribution in [-0.2, 0) is 4.79 Å². The first kappa shape index (κ1) is 23.7. The number of amides is 1. The second kappa shape index (κ2) is 10.6. The fraction of sp³-hybridized carbons (Fsp3) is 0.280. The van der Waals surface area contributed by atoms with Crippen molar-refractivity contribution in [2.75, 3.05) is 11.9 Å². The second-order valence-corrected chi connectivity index (χ2v) is 7.98. The van der Waals surface area contributed by atoms with E-state index in [1.54, 1.807) is 38.2 Å². The van der Waals surface area contributed by atoms with E-state index < -0.39 is 17.9 Å². The van der Waals surface area contributed by atoms with Gasteiger partial charge in [-0.05, 0) is 57.0 Å². The van der Waals surface area contributed by atoms with Crippen LogP contribution in [0.3, 0.4) is 0 Å². The fourth-order valence-electron chi connectivity index (χ4n) is 3.46. The Bertz CT molecular complexity index is 1110. The van der Waals surface area contributed by atoms with Gasteiger partial charge in [-0.2, -0.15) is 0 Å². The maximum Gasteiger partial charge on any atom is 0.328 e. The SMILES string of the molecule is Cc1cc(OC(C)C)cc(C)c1C(=O)N[C@@H](CNc1nccc(-c2ccccc2)n1)C(=O)O. The topological polar surface area (TPSA) is 113 Å². The molecule has 0 spiro atoms. The van der Waals surface area contributed by atoms with Crippen LogP contribution in [0.4, 0.5) is 5.95 Å². The monoisotopic (exact) mass is 448 g/mol. The number of aryl methyl sites for hydroxylation is 2. The summed E-state index contributed by atoms with van der Waals surface area (Å²) >= 11 is 0. The number of anilines is 1. The summed E-state index contributed by atoms with van der Waals surface area (Å²) in [5.41, 5.74) is 3.47. The van der Waals surface area contributed by atoms with Crippen LogP contribution in [-0.4, -0.2) is 45.6 Å². The summed E-state index contributed by atoms with van der Waals surface area (Å²) in [5, 5.41) is 15.2. The molecule has 1 heterocycles. The van der Waals surface area contributed by atoms with Crippen LogP contribution < -0.4 is 15.4 Å². The molecular weight excluding hydrogens is 420 g/mol. The van der Waals surface area contributed by atoms with Crippen molar-refractivity contribution in [2.45, 2.75) is 39.8 Å². The maximum absolute atomic E-state index is 12.9. The number of rotatable bonds is 9. The minimum Gasteiger partial charge on any atom is -0.491 e. The van der Waals surface area contributed by atoms with Crippen LogP contribution in [0, 0.1) is 13.8 Å². The highest BCUT2D eigenvalue weighted by atomic mass is 16.5. The third-order valence-corrected chi connectivity index (χ3v) is 4.90. The molecule has 3 rings (SSSR count). The number of hydrogen-bond donors (Lipinski definition) is 3. The lowest BCUT2D eigenvalue weighted by molar-refractivity contribution is -0.138. The first-order valence-electron chi connectivity index (χ1n) is 10.7. The van der Waals surface area contributed by atoms with Gasteiger partial charge in [-0.3, -0.25) is 4.79 Å². The number of aromatic nitrogens is 2. The number of carboxylic acids is 1. The Labute approximate surface area is 193 Å². The van der Waals surface area contributed by atoms with Crippen LogP contribution in [0.5, 0.6) is 5.75 Å². The first-order valence-corrected chi connectivity index (χ1v) is 10.7. The standard InChI is InChI=1S/C25H28N4O4/c1-15(2)33-19-12-16(3)22(17(4)13-19)23(30)28-21(24(31)32)14-27-25-26-11-10-20(29-25)18-8-6-5-7-9-18/h5-13,15,21H,14H2,1-4H3,(H,28,30)(H,31,32)(H,26,27,29)/t21-/m0/s1. The molecule has 3 aromatic rings. The van der Waals surface area contributed by atoms with Gasteiger partial charge in [-0.15, -0.1) is 0 Å². The van der Waals surface area contributed by atoms with Gasteiger partial charge in [0.05, 0.1) is 11.8 Å². The molecule has 8 heteroatoms. The Hall–Kier alpha value is -3.94. The quantitative estimate of drug-likeness (QED) is 0.456. The van der Waals surface area contributed by atoms with E-state index in [-0.39, 0.29) is 18.6 Å². The number of hydrogen-bond acceptors (Lipinski definition) is 6. The number of carboxylic acid groups (broad SMARTS) is 1. The van der Waals surface area contributed by atoms with Gasteiger partial charge in [0.2, 0.25) is 5.95 Å². The van der Waals surface area contributed by atoms with E-state index >= 15 is 0 Å². The predicted octanol–water partition coefficient (Wildman–Crippen LogP) is 3.84. The summed E-state index contributed by atoms with van der Waals surface area (Å²) in [5.74, 6) is -0.678. The summed E-state index contributed by atoms with van der Waals surface area (Å²) in [6.45, 7) is 7.37. The van der Waals surface area contributed by atoms with Crippen molar-refractivity contribution in [3.63, 3.8) is 0 Å². The Morgan fingerprint density at radius 2 is 1.73 bits per heavy atom. The number of nitrogens with one attached hydrogen (secondary N) is 2. The van der Waals surface area contributed by atoms with Crippen molar-refractivity contribution >= 4 is 17.8 Å². The van der Waals surface area contributed by atoms with Gasteiger partial charge >= 0.3 is 5.97 Å². The highest BCUT2D eigenvalue weighted by Crippen LogP contribution is 2.23. The largest absolute Gasteiger partial charge is 0.491 e. The fourth-order valence-corrected chi connectivity index (χ4v) is 3.46. The minimum absolute atomic E-state index is 0.00792.